The van der Waals surface area contributed by atoms with Gasteiger partial charge in [-0.15, -0.1) is 51.0 Å². The zero-order valence-corrected chi connectivity index (χ0v) is 43.9. The first-order chi connectivity index (χ1) is 34.3. The van der Waals surface area contributed by atoms with Gasteiger partial charge in [-0.3, -0.25) is 30.0 Å². The predicted molar refractivity (Wildman–Crippen MR) is 279 cm³/mol. The molecule has 13 nitrogen and oxygen atoms in total. The summed E-state index contributed by atoms with van der Waals surface area (Å²) < 4.78 is 62.4. The predicted octanol–water partition coefficient (Wildman–Crippen LogP) is 14.6. The van der Waals surface area contributed by atoms with Gasteiger partial charge in [0.2, 0.25) is 0 Å². The number of fused-ring (bicyclic) bond motifs is 2. The van der Waals surface area contributed by atoms with Crippen LogP contribution in [0.25, 0.3) is 79.7 Å². The number of aromatic nitrogens is 4. The Morgan fingerprint density at radius 3 is 2.08 bits per heavy atom. The molecule has 0 spiro atoms. The summed E-state index contributed by atoms with van der Waals surface area (Å²) in [6.45, 7) is 5.92. The van der Waals surface area contributed by atoms with E-state index in [1.807, 2.05) is 17.5 Å². The van der Waals surface area contributed by atoms with Crippen LogP contribution in [-0.4, -0.2) is 63.1 Å². The van der Waals surface area contributed by atoms with Gasteiger partial charge in [-0.25, -0.2) is 4.98 Å². The minimum atomic E-state index is -4.76. The molecule has 1 aliphatic heterocycles. The van der Waals surface area contributed by atoms with Crippen molar-refractivity contribution in [2.24, 2.45) is 0 Å². The number of allylic oxidation sites excluding steroid dienone is 1. The first-order valence-electron chi connectivity index (χ1n) is 21.6. The third kappa shape index (κ3) is 13.8. The number of isothiocyanates is 1. The molecule has 8 aromatic rings. The minimum absolute atomic E-state index is 0. The van der Waals surface area contributed by atoms with Crippen molar-refractivity contribution in [2.45, 2.75) is 52.1 Å². The van der Waals surface area contributed by atoms with Gasteiger partial charge in [-0.05, 0) is 96.4 Å². The molecule has 0 radical (unpaired) electrons. The van der Waals surface area contributed by atoms with Crippen LogP contribution in [0.15, 0.2) is 96.8 Å². The van der Waals surface area contributed by atoms with Crippen LogP contribution >= 0.6 is 57.6 Å². The third-order valence-corrected chi connectivity index (χ3v) is 14.9. The topological polar surface area (TPSA) is 193 Å². The van der Waals surface area contributed by atoms with Gasteiger partial charge in [0.1, 0.15) is 30.4 Å². The minimum Gasteiger partial charge on any atom is -0.753 e. The van der Waals surface area contributed by atoms with Crippen LogP contribution < -0.4 is 18.9 Å². The van der Waals surface area contributed by atoms with E-state index >= 15 is 0 Å². The van der Waals surface area contributed by atoms with Crippen LogP contribution in [0.5, 0.6) is 23.0 Å². The van der Waals surface area contributed by atoms with Crippen LogP contribution in [0.3, 0.4) is 0 Å². The zero-order chi connectivity index (χ0) is 50.5. The van der Waals surface area contributed by atoms with E-state index in [1.165, 1.54) is 56.7 Å². The number of thiocarbonyl (C=S) groups is 1. The van der Waals surface area contributed by atoms with Gasteiger partial charge < -0.3 is 30.1 Å². The van der Waals surface area contributed by atoms with Gasteiger partial charge in [0.15, 0.2) is 11.5 Å². The maximum Gasteiger partial charge on any atom is 2.00 e. The smallest absolute Gasteiger partial charge is 0.753 e. The molecule has 9 heterocycles. The SMILES string of the molecule is CCCCCCc1ccsc1-c1ccnc(/C([NH-])=C/C(=N)C(F)(F)F)c1.Cc1cc2sc(-c3sc(-c4ccnc(-c5cc(OC=O)cc(-c6cc(OC=O)ccn6)n5)c4)c4c3OCCO4)cc2s1.[N-]=C=S.[Ru+2]. The number of unbranched alkanes of at least 4 members (excludes halogenated alkanes) is 3. The van der Waals surface area contributed by atoms with Crippen molar-refractivity contribution in [2.75, 3.05) is 13.2 Å². The first kappa shape index (κ1) is 54.9. The molecule has 0 bridgehead atoms. The second kappa shape index (κ2) is 25.8. The largest absolute Gasteiger partial charge is 2.00 e. The number of nitrogens with one attached hydrogen (secondary N) is 2. The molecule has 22 heteroatoms. The summed E-state index contributed by atoms with van der Waals surface area (Å²) in [6, 6.07) is 20.1. The van der Waals surface area contributed by atoms with Gasteiger partial charge in [0.05, 0.1) is 37.4 Å². The van der Waals surface area contributed by atoms with Crippen LogP contribution in [0.4, 0.5) is 13.2 Å². The van der Waals surface area contributed by atoms with Crippen molar-refractivity contribution in [3.63, 3.8) is 0 Å². The third-order valence-electron chi connectivity index (χ3n) is 10.3. The Kier molecular flexibility index (Phi) is 19.7. The van der Waals surface area contributed by atoms with E-state index in [0.29, 0.717) is 66.5 Å². The Hall–Kier alpha value is -6.38. The number of rotatable bonds is 16. The molecule has 0 aromatic carbocycles. The number of thiophene rings is 4. The Labute approximate surface area is 445 Å². The second-order valence-corrected chi connectivity index (χ2v) is 19.7. The number of halogens is 3. The summed E-state index contributed by atoms with van der Waals surface area (Å²) in [7, 11) is 0. The van der Waals surface area contributed by atoms with E-state index in [1.54, 1.807) is 87.9 Å². The molecule has 0 atom stereocenters. The average molecular weight is 1150 g/mol. The van der Waals surface area contributed by atoms with Gasteiger partial charge >= 0.3 is 25.7 Å². The summed E-state index contributed by atoms with van der Waals surface area (Å²) in [4.78, 5) is 45.1. The Bertz CT molecular complexity index is 3220. The van der Waals surface area contributed by atoms with E-state index in [9.17, 15) is 22.8 Å². The van der Waals surface area contributed by atoms with Crippen molar-refractivity contribution in [1.29, 1.82) is 5.41 Å². The van der Waals surface area contributed by atoms with Crippen LogP contribution in [0, 0.1) is 12.3 Å². The molecular formula is C50H40F3N7O6RuS5. The molecule has 0 unspecified atom stereocenters. The number of carbonyl (C=O) groups is 2. The second-order valence-electron chi connectivity index (χ2n) is 15.2. The number of pyridine rings is 4. The van der Waals surface area contributed by atoms with Crippen molar-refractivity contribution < 1.29 is 61.2 Å². The summed E-state index contributed by atoms with van der Waals surface area (Å²) in [6.07, 6.45) is 6.04. The van der Waals surface area contributed by atoms with Crippen molar-refractivity contribution in [1.82, 2.24) is 19.9 Å². The maximum atomic E-state index is 12.5. The van der Waals surface area contributed by atoms with E-state index < -0.39 is 17.6 Å². The molecule has 1 aliphatic rings. The molecule has 72 heavy (non-hydrogen) atoms. The molecule has 370 valence electrons. The Morgan fingerprint density at radius 1 is 0.806 bits per heavy atom. The van der Waals surface area contributed by atoms with Crippen molar-refractivity contribution in [3.8, 4) is 76.4 Å². The van der Waals surface area contributed by atoms with E-state index in [4.69, 9.17) is 40.5 Å². The monoisotopic (exact) mass is 1150 g/mol. The number of ether oxygens (including phenoxy) is 4. The van der Waals surface area contributed by atoms with E-state index in [0.717, 1.165) is 49.2 Å². The molecule has 9 rings (SSSR count). The first-order valence-corrected chi connectivity index (χ1v) is 25.3. The van der Waals surface area contributed by atoms with Crippen molar-refractivity contribution in [3.05, 3.63) is 124 Å². The van der Waals surface area contributed by atoms with Crippen molar-refractivity contribution >= 4 is 96.5 Å². The normalized spacial score (nSPS) is 11.8. The van der Waals surface area contributed by atoms with Gasteiger partial charge in [0.25, 0.3) is 12.9 Å². The van der Waals surface area contributed by atoms with Gasteiger partial charge in [-0.1, -0.05) is 38.4 Å². The molecule has 0 aliphatic carbocycles. The molecule has 0 amide bonds. The van der Waals surface area contributed by atoms with Gasteiger partial charge in [-0.2, -0.15) is 18.3 Å². The molecule has 0 saturated heterocycles. The number of alkyl halides is 3. The number of carbonyl (C=O) groups excluding carboxylic acids is 2. The molecule has 0 saturated carbocycles. The maximum absolute atomic E-state index is 12.5. The summed E-state index contributed by atoms with van der Waals surface area (Å²) in [5.41, 5.74) is 10.8. The molecular weight excluding hydrogens is 1110 g/mol. The molecule has 2 N–H and O–H groups in total. The van der Waals surface area contributed by atoms with Crippen LogP contribution in [0.2, 0.25) is 0 Å². The zero-order valence-electron chi connectivity index (χ0n) is 38.1. The van der Waals surface area contributed by atoms with Gasteiger partial charge in [0, 0.05) is 61.6 Å². The van der Waals surface area contributed by atoms with E-state index in [-0.39, 0.29) is 30.9 Å². The molecule has 8 aromatic heterocycles. The van der Waals surface area contributed by atoms with E-state index in [2.05, 4.69) is 59.2 Å². The fourth-order valence-electron chi connectivity index (χ4n) is 7.20. The standard InChI is InChI=1S/C30H19N3O6S3.C19H21F3N3S.CNS.Ru/c1-16-8-24-25(40-16)13-26(41-24)30-28-27(36-6-7-37-28)29(42-30)17-2-4-31-20(9-17)22-11-19(39-15-35)12-23(33-22)21-10-18(38-14-34)3-5-32-21;1-2-3-4-5-6-13-8-10-26-18(13)14-7-9-25-16(11-14)15(23)12-17(24)19(20,21)22;2-1-3;/h2-5,8-15H,6-7H2,1H3;7-12,23-24H,2-6H2,1H3;;/q;2*-1;+2/b;15-12-,24-17?;;. The number of aryl methyl sites for hydroxylation is 2. The number of nitrogens with zero attached hydrogens (tertiary/aromatic N) is 5. The summed E-state index contributed by atoms with van der Waals surface area (Å²) >= 11 is 10.4. The van der Waals surface area contributed by atoms with Crippen LogP contribution in [0.1, 0.15) is 48.7 Å². The summed E-state index contributed by atoms with van der Waals surface area (Å²) in [5, 5.41) is 17.5. The number of hydrogen-bond acceptors (Lipinski definition) is 16. The number of hydrogen-bond donors (Lipinski definition) is 1. The summed E-state index contributed by atoms with van der Waals surface area (Å²) in [5.74, 6) is 2.05. The Morgan fingerprint density at radius 2 is 1.42 bits per heavy atom. The fraction of sp³-hybridized carbons (Fsp3) is 0.200. The average Bonchev–Trinajstić information content (AvgIpc) is 4.17. The van der Waals surface area contributed by atoms with Crippen LogP contribution in [-0.2, 0) is 35.5 Å². The quantitative estimate of drug-likeness (QED) is 0.0318. The molecule has 0 fully saturated rings. The Balaban J connectivity index is 0.000000244. The fourth-order valence-corrected chi connectivity index (χ4v) is 11.8.